The summed E-state index contributed by atoms with van der Waals surface area (Å²) < 4.78 is 6.83. The smallest absolute Gasteiger partial charge is 0.292 e. The summed E-state index contributed by atoms with van der Waals surface area (Å²) in [4.78, 5) is 12.2. The Kier molecular flexibility index (Phi) is 4.41. The first-order valence-electron chi connectivity index (χ1n) is 6.86. The van der Waals surface area contributed by atoms with Gasteiger partial charge in [-0.25, -0.2) is 4.68 Å². The van der Waals surface area contributed by atoms with Gasteiger partial charge in [0.1, 0.15) is 5.82 Å². The van der Waals surface area contributed by atoms with Crippen LogP contribution in [0.3, 0.4) is 0 Å². The third-order valence-electron chi connectivity index (χ3n) is 3.36. The summed E-state index contributed by atoms with van der Waals surface area (Å²) in [7, 11) is 0. The summed E-state index contributed by atoms with van der Waals surface area (Å²) in [5, 5.41) is 8.11. The molecule has 2 aromatic heterocycles. The molecule has 5 nitrogen and oxygen atoms in total. The first kappa shape index (κ1) is 15.6. The van der Waals surface area contributed by atoms with Crippen molar-refractivity contribution in [1.29, 1.82) is 0 Å². The van der Waals surface area contributed by atoms with Gasteiger partial charge in [-0.05, 0) is 30.7 Å². The van der Waals surface area contributed by atoms with Gasteiger partial charge in [0, 0.05) is 21.7 Å². The molecule has 0 saturated heterocycles. The van der Waals surface area contributed by atoms with Crippen LogP contribution in [0.2, 0.25) is 10.0 Å². The van der Waals surface area contributed by atoms with E-state index in [1.54, 1.807) is 35.1 Å². The van der Waals surface area contributed by atoms with Crippen LogP contribution in [0, 0.1) is 6.92 Å². The van der Waals surface area contributed by atoms with E-state index in [0.29, 0.717) is 22.4 Å². The minimum Gasteiger partial charge on any atom is -0.459 e. The molecule has 0 bridgehead atoms. The maximum absolute atomic E-state index is 12.2. The molecule has 0 saturated carbocycles. The molecular formula is C16H13Cl2N3O2. The number of aryl methyl sites for hydroxylation is 1. The Morgan fingerprint density at radius 3 is 2.83 bits per heavy atom. The van der Waals surface area contributed by atoms with E-state index in [1.165, 1.54) is 6.26 Å². The van der Waals surface area contributed by atoms with Crippen molar-refractivity contribution < 1.29 is 9.21 Å². The highest BCUT2D eigenvalue weighted by Gasteiger charge is 2.15. The number of carbonyl (C=O) groups is 1. The van der Waals surface area contributed by atoms with E-state index in [9.17, 15) is 4.79 Å². The van der Waals surface area contributed by atoms with Crippen LogP contribution in [-0.2, 0) is 6.54 Å². The second kappa shape index (κ2) is 6.48. The van der Waals surface area contributed by atoms with Gasteiger partial charge in [-0.2, -0.15) is 5.10 Å². The molecule has 0 unspecified atom stereocenters. The predicted molar refractivity (Wildman–Crippen MR) is 89.2 cm³/mol. The average Bonchev–Trinajstić information content (AvgIpc) is 3.11. The van der Waals surface area contributed by atoms with Crippen LogP contribution in [-0.4, -0.2) is 15.7 Å². The molecule has 3 aromatic rings. The number of benzene rings is 1. The highest BCUT2D eigenvalue weighted by atomic mass is 35.5. The van der Waals surface area contributed by atoms with Crippen molar-refractivity contribution in [1.82, 2.24) is 9.78 Å². The molecule has 1 amide bonds. The van der Waals surface area contributed by atoms with Crippen LogP contribution < -0.4 is 5.32 Å². The van der Waals surface area contributed by atoms with Crippen LogP contribution in [0.5, 0.6) is 0 Å². The molecule has 3 rings (SSSR count). The second-order valence-electron chi connectivity index (χ2n) is 5.00. The normalized spacial score (nSPS) is 10.7. The van der Waals surface area contributed by atoms with Crippen molar-refractivity contribution in [3.8, 4) is 0 Å². The number of nitrogens with one attached hydrogen (secondary N) is 1. The molecular weight excluding hydrogens is 337 g/mol. The number of nitrogens with zero attached hydrogens (tertiary/aromatic N) is 2. The number of amides is 1. The van der Waals surface area contributed by atoms with Gasteiger partial charge in [0.2, 0.25) is 0 Å². The van der Waals surface area contributed by atoms with Gasteiger partial charge in [-0.3, -0.25) is 4.79 Å². The summed E-state index contributed by atoms with van der Waals surface area (Å²) in [6.07, 6.45) is 3.09. The summed E-state index contributed by atoms with van der Waals surface area (Å²) in [6, 6.07) is 8.71. The molecule has 23 heavy (non-hydrogen) atoms. The Labute approximate surface area is 142 Å². The molecule has 0 aliphatic carbocycles. The van der Waals surface area contributed by atoms with Crippen molar-refractivity contribution in [3.05, 3.63) is 69.7 Å². The fourth-order valence-electron chi connectivity index (χ4n) is 2.15. The number of furan rings is 1. The molecule has 0 aliphatic heterocycles. The van der Waals surface area contributed by atoms with Crippen LogP contribution in [0.4, 0.5) is 5.82 Å². The van der Waals surface area contributed by atoms with Gasteiger partial charge >= 0.3 is 0 Å². The fourth-order valence-corrected chi connectivity index (χ4v) is 2.62. The van der Waals surface area contributed by atoms with E-state index in [1.807, 2.05) is 13.0 Å². The molecule has 1 aromatic carbocycles. The van der Waals surface area contributed by atoms with Gasteiger partial charge in [-0.1, -0.05) is 29.3 Å². The van der Waals surface area contributed by atoms with Crippen LogP contribution in [0.1, 0.15) is 21.7 Å². The Balaban J connectivity index is 1.80. The zero-order valence-corrected chi connectivity index (χ0v) is 13.7. The zero-order valence-electron chi connectivity index (χ0n) is 12.2. The lowest BCUT2D eigenvalue weighted by atomic mass is 10.2. The minimum atomic E-state index is -0.323. The van der Waals surface area contributed by atoms with Gasteiger partial charge in [0.05, 0.1) is 19.0 Å². The Morgan fingerprint density at radius 1 is 1.30 bits per heavy atom. The van der Waals surface area contributed by atoms with E-state index in [2.05, 4.69) is 10.4 Å². The lowest BCUT2D eigenvalue weighted by molar-refractivity contribution is 0.0995. The molecule has 1 N–H and O–H groups in total. The van der Waals surface area contributed by atoms with Crippen molar-refractivity contribution in [2.45, 2.75) is 13.5 Å². The van der Waals surface area contributed by atoms with E-state index in [-0.39, 0.29) is 11.7 Å². The summed E-state index contributed by atoms with van der Waals surface area (Å²) in [6.45, 7) is 2.22. The monoisotopic (exact) mass is 349 g/mol. The van der Waals surface area contributed by atoms with E-state index in [0.717, 1.165) is 11.1 Å². The molecule has 0 fully saturated rings. The van der Waals surface area contributed by atoms with Gasteiger partial charge in [0.15, 0.2) is 5.76 Å². The Bertz CT molecular complexity index is 855. The number of rotatable bonds is 4. The number of hydrogen-bond acceptors (Lipinski definition) is 3. The van der Waals surface area contributed by atoms with Crippen molar-refractivity contribution in [2.24, 2.45) is 0 Å². The summed E-state index contributed by atoms with van der Waals surface area (Å²) in [5.41, 5.74) is 1.62. The second-order valence-corrected chi connectivity index (χ2v) is 5.84. The number of hydrogen-bond donors (Lipinski definition) is 1. The first-order chi connectivity index (χ1) is 11.0. The lowest BCUT2D eigenvalue weighted by Crippen LogP contribution is -2.16. The van der Waals surface area contributed by atoms with E-state index >= 15 is 0 Å². The number of halogens is 2. The summed E-state index contributed by atoms with van der Waals surface area (Å²) in [5.74, 6) is 0.510. The predicted octanol–water partition coefficient (Wildman–Crippen LogP) is 4.39. The van der Waals surface area contributed by atoms with Crippen molar-refractivity contribution >= 4 is 34.9 Å². The molecule has 2 heterocycles. The standard InChI is InChI=1S/C16H13Cl2N3O2/c1-10-5-7-23-15(10)16(22)20-14-4-6-19-21(14)9-11-2-3-12(17)8-13(11)18/h2-8H,9H2,1H3,(H,20,22). The molecule has 0 radical (unpaired) electrons. The maximum atomic E-state index is 12.2. The highest BCUT2D eigenvalue weighted by Crippen LogP contribution is 2.23. The number of aromatic nitrogens is 2. The van der Waals surface area contributed by atoms with Crippen molar-refractivity contribution in [2.75, 3.05) is 5.32 Å². The van der Waals surface area contributed by atoms with Crippen LogP contribution in [0.15, 0.2) is 47.2 Å². The quantitative estimate of drug-likeness (QED) is 0.759. The van der Waals surface area contributed by atoms with E-state index in [4.69, 9.17) is 27.6 Å². The van der Waals surface area contributed by atoms with Gasteiger partial charge in [-0.15, -0.1) is 0 Å². The first-order valence-corrected chi connectivity index (χ1v) is 7.61. The van der Waals surface area contributed by atoms with Crippen LogP contribution in [0.25, 0.3) is 0 Å². The van der Waals surface area contributed by atoms with E-state index < -0.39 is 0 Å². The molecule has 7 heteroatoms. The number of carbonyl (C=O) groups excluding carboxylic acids is 1. The molecule has 0 atom stereocenters. The third-order valence-corrected chi connectivity index (χ3v) is 3.95. The third kappa shape index (κ3) is 3.41. The van der Waals surface area contributed by atoms with Gasteiger partial charge in [0.25, 0.3) is 5.91 Å². The zero-order chi connectivity index (χ0) is 16.4. The largest absolute Gasteiger partial charge is 0.459 e. The Hall–Kier alpha value is -2.24. The molecule has 0 spiro atoms. The molecule has 0 aliphatic rings. The Morgan fingerprint density at radius 2 is 2.13 bits per heavy atom. The van der Waals surface area contributed by atoms with Crippen molar-refractivity contribution in [3.63, 3.8) is 0 Å². The average molecular weight is 350 g/mol. The van der Waals surface area contributed by atoms with Gasteiger partial charge < -0.3 is 9.73 Å². The maximum Gasteiger partial charge on any atom is 0.292 e. The lowest BCUT2D eigenvalue weighted by Gasteiger charge is -2.10. The van der Waals surface area contributed by atoms with Crippen LogP contribution >= 0.6 is 23.2 Å². The minimum absolute atomic E-state index is 0.280. The fraction of sp³-hybridized carbons (Fsp3) is 0.125. The highest BCUT2D eigenvalue weighted by molar-refractivity contribution is 6.35. The topological polar surface area (TPSA) is 60.1 Å². The SMILES string of the molecule is Cc1ccoc1C(=O)Nc1ccnn1Cc1ccc(Cl)cc1Cl. The summed E-state index contributed by atoms with van der Waals surface area (Å²) >= 11 is 12.1. The molecule has 118 valence electrons. The number of anilines is 1.